The van der Waals surface area contributed by atoms with Gasteiger partial charge in [-0.3, -0.25) is 4.79 Å². The van der Waals surface area contributed by atoms with Crippen LogP contribution in [0.2, 0.25) is 0 Å². The predicted octanol–water partition coefficient (Wildman–Crippen LogP) is 2.62. The molecule has 2 amide bonds. The van der Waals surface area contributed by atoms with E-state index in [4.69, 9.17) is 14.2 Å². The van der Waals surface area contributed by atoms with E-state index in [1.807, 2.05) is 25.1 Å². The fourth-order valence-corrected chi connectivity index (χ4v) is 3.22. The smallest absolute Gasteiger partial charge is 0.409 e. The van der Waals surface area contributed by atoms with E-state index in [-0.39, 0.29) is 24.0 Å². The quantitative estimate of drug-likeness (QED) is 0.789. The molecule has 1 heterocycles. The second kappa shape index (κ2) is 10.0. The summed E-state index contributed by atoms with van der Waals surface area (Å²) in [4.78, 5) is 26.0. The first-order valence-corrected chi connectivity index (χ1v) is 9.41. The minimum Gasteiger partial charge on any atom is -0.493 e. The molecule has 1 N–H and O–H groups in total. The maximum absolute atomic E-state index is 12.5. The highest BCUT2D eigenvalue weighted by atomic mass is 16.6. The zero-order valence-electron chi connectivity index (χ0n) is 16.6. The van der Waals surface area contributed by atoms with Crippen molar-refractivity contribution in [3.8, 4) is 11.5 Å². The first-order valence-electron chi connectivity index (χ1n) is 9.41. The molecular formula is C20H30N2O5. The lowest BCUT2D eigenvalue weighted by Gasteiger charge is -2.32. The number of carbonyl (C=O) groups is 2. The number of rotatable bonds is 7. The molecule has 7 nitrogen and oxygen atoms in total. The van der Waals surface area contributed by atoms with Gasteiger partial charge in [-0.2, -0.15) is 0 Å². The normalized spacial score (nSPS) is 15.8. The van der Waals surface area contributed by atoms with E-state index in [1.165, 1.54) is 0 Å². The van der Waals surface area contributed by atoms with Crippen LogP contribution in [0.4, 0.5) is 4.79 Å². The van der Waals surface area contributed by atoms with E-state index >= 15 is 0 Å². The highest BCUT2D eigenvalue weighted by molar-refractivity contribution is 5.79. The first-order chi connectivity index (χ1) is 13.0. The van der Waals surface area contributed by atoms with Crippen LogP contribution >= 0.6 is 0 Å². The minimum atomic E-state index is -0.274. The van der Waals surface area contributed by atoms with Gasteiger partial charge in [-0.15, -0.1) is 0 Å². The summed E-state index contributed by atoms with van der Waals surface area (Å²) >= 11 is 0. The Kier molecular flexibility index (Phi) is 7.76. The van der Waals surface area contributed by atoms with Gasteiger partial charge < -0.3 is 24.4 Å². The molecule has 0 aliphatic carbocycles. The van der Waals surface area contributed by atoms with E-state index in [0.717, 1.165) is 18.4 Å². The topological polar surface area (TPSA) is 77.1 Å². The van der Waals surface area contributed by atoms with E-state index in [1.54, 1.807) is 26.0 Å². The second-order valence-electron chi connectivity index (χ2n) is 6.76. The van der Waals surface area contributed by atoms with Crippen LogP contribution in [0.3, 0.4) is 0 Å². The van der Waals surface area contributed by atoms with Gasteiger partial charge in [0.25, 0.3) is 0 Å². The Balaban J connectivity index is 1.83. The third kappa shape index (κ3) is 5.77. The van der Waals surface area contributed by atoms with Crippen molar-refractivity contribution in [2.45, 2.75) is 39.2 Å². The fourth-order valence-electron chi connectivity index (χ4n) is 3.22. The molecule has 2 rings (SSSR count). The van der Waals surface area contributed by atoms with Crippen LogP contribution in [-0.2, 0) is 16.0 Å². The number of benzene rings is 1. The molecule has 1 aromatic rings. The summed E-state index contributed by atoms with van der Waals surface area (Å²) in [6.45, 7) is 5.30. The van der Waals surface area contributed by atoms with Gasteiger partial charge in [-0.1, -0.05) is 13.0 Å². The van der Waals surface area contributed by atoms with E-state index < -0.39 is 0 Å². The summed E-state index contributed by atoms with van der Waals surface area (Å²) in [6.07, 6.45) is 1.83. The molecule has 27 heavy (non-hydrogen) atoms. The number of nitrogens with zero attached hydrogens (tertiary/aromatic N) is 1. The molecule has 0 radical (unpaired) electrons. The van der Waals surface area contributed by atoms with Crippen LogP contribution in [0.5, 0.6) is 11.5 Å². The van der Waals surface area contributed by atoms with Crippen LogP contribution in [0.1, 0.15) is 32.3 Å². The van der Waals surface area contributed by atoms with Crippen molar-refractivity contribution in [3.05, 3.63) is 23.8 Å². The number of likely N-dealkylation sites (tertiary alicyclic amines) is 1. The highest BCUT2D eigenvalue weighted by Gasteiger charge is 2.26. The molecule has 1 saturated heterocycles. The van der Waals surface area contributed by atoms with E-state index in [0.29, 0.717) is 37.6 Å². The Morgan fingerprint density at radius 1 is 1.19 bits per heavy atom. The van der Waals surface area contributed by atoms with E-state index in [9.17, 15) is 9.59 Å². The molecule has 1 fully saturated rings. The van der Waals surface area contributed by atoms with Gasteiger partial charge in [0.15, 0.2) is 11.5 Å². The third-order valence-corrected chi connectivity index (χ3v) is 4.80. The summed E-state index contributed by atoms with van der Waals surface area (Å²) in [6, 6.07) is 5.80. The number of methoxy groups -OCH3 is 2. The van der Waals surface area contributed by atoms with Crippen molar-refractivity contribution in [1.82, 2.24) is 10.2 Å². The lowest BCUT2D eigenvalue weighted by molar-refractivity contribution is -0.125. The third-order valence-electron chi connectivity index (χ3n) is 4.80. The maximum atomic E-state index is 12.5. The van der Waals surface area contributed by atoms with Gasteiger partial charge >= 0.3 is 6.09 Å². The SMILES string of the molecule is CCOC(=O)N1CCC(NC(=O)C(C)Cc2ccc(OC)c(OC)c2)CC1. The number of ether oxygens (including phenoxy) is 3. The number of nitrogens with one attached hydrogen (secondary N) is 1. The van der Waals surface area contributed by atoms with Gasteiger partial charge in [0.05, 0.1) is 20.8 Å². The molecule has 1 aliphatic rings. The van der Waals surface area contributed by atoms with Gasteiger partial charge in [-0.05, 0) is 43.9 Å². The van der Waals surface area contributed by atoms with Crippen molar-refractivity contribution in [3.63, 3.8) is 0 Å². The standard InChI is InChI=1S/C20H30N2O5/c1-5-27-20(24)22-10-8-16(9-11-22)21-19(23)14(2)12-15-6-7-17(25-3)18(13-15)26-4/h6-7,13-14,16H,5,8-12H2,1-4H3,(H,21,23). The lowest BCUT2D eigenvalue weighted by atomic mass is 9.98. The molecule has 0 bridgehead atoms. The summed E-state index contributed by atoms with van der Waals surface area (Å²) in [7, 11) is 3.20. The number of hydrogen-bond donors (Lipinski definition) is 1. The number of carbonyl (C=O) groups excluding carboxylic acids is 2. The maximum Gasteiger partial charge on any atom is 0.409 e. The molecule has 1 atom stereocenters. The molecule has 0 saturated carbocycles. The van der Waals surface area contributed by atoms with Gasteiger partial charge in [-0.25, -0.2) is 4.79 Å². The summed E-state index contributed by atoms with van der Waals surface area (Å²) in [5.41, 5.74) is 1.02. The molecule has 0 aromatic heterocycles. The van der Waals surface area contributed by atoms with Crippen molar-refractivity contribution >= 4 is 12.0 Å². The van der Waals surface area contributed by atoms with Gasteiger partial charge in [0.1, 0.15) is 0 Å². The number of amides is 2. The van der Waals surface area contributed by atoms with Gasteiger partial charge in [0.2, 0.25) is 5.91 Å². The largest absolute Gasteiger partial charge is 0.493 e. The molecule has 0 spiro atoms. The molecule has 1 unspecified atom stereocenters. The van der Waals surface area contributed by atoms with E-state index in [2.05, 4.69) is 5.32 Å². The molecule has 1 aliphatic heterocycles. The predicted molar refractivity (Wildman–Crippen MR) is 102 cm³/mol. The fraction of sp³-hybridized carbons (Fsp3) is 0.600. The Hall–Kier alpha value is -2.44. The highest BCUT2D eigenvalue weighted by Crippen LogP contribution is 2.28. The second-order valence-corrected chi connectivity index (χ2v) is 6.76. The van der Waals surface area contributed by atoms with Crippen LogP contribution in [0, 0.1) is 5.92 Å². The lowest BCUT2D eigenvalue weighted by Crippen LogP contribution is -2.47. The summed E-state index contributed by atoms with van der Waals surface area (Å²) < 4.78 is 15.6. The minimum absolute atomic E-state index is 0.0272. The molecule has 150 valence electrons. The van der Waals surface area contributed by atoms with Crippen molar-refractivity contribution in [2.75, 3.05) is 33.9 Å². The van der Waals surface area contributed by atoms with Crippen molar-refractivity contribution < 1.29 is 23.8 Å². The Morgan fingerprint density at radius 3 is 2.44 bits per heavy atom. The molecule has 1 aromatic carbocycles. The summed E-state index contributed by atoms with van der Waals surface area (Å²) in [5.74, 6) is 1.20. The van der Waals surface area contributed by atoms with Crippen molar-refractivity contribution in [2.24, 2.45) is 5.92 Å². The summed E-state index contributed by atoms with van der Waals surface area (Å²) in [5, 5.41) is 3.11. The zero-order chi connectivity index (χ0) is 19.8. The monoisotopic (exact) mass is 378 g/mol. The van der Waals surface area contributed by atoms with Crippen molar-refractivity contribution in [1.29, 1.82) is 0 Å². The number of hydrogen-bond acceptors (Lipinski definition) is 5. The van der Waals surface area contributed by atoms with Crippen LogP contribution in [0.15, 0.2) is 18.2 Å². The van der Waals surface area contributed by atoms with Crippen LogP contribution in [-0.4, -0.2) is 56.9 Å². The average molecular weight is 378 g/mol. The average Bonchev–Trinajstić information content (AvgIpc) is 2.68. The van der Waals surface area contributed by atoms with Crippen LogP contribution in [0.25, 0.3) is 0 Å². The molecular weight excluding hydrogens is 348 g/mol. The number of piperidine rings is 1. The first kappa shape index (κ1) is 20.9. The molecule has 7 heteroatoms. The zero-order valence-corrected chi connectivity index (χ0v) is 16.6. The van der Waals surface area contributed by atoms with Crippen LogP contribution < -0.4 is 14.8 Å². The van der Waals surface area contributed by atoms with Gasteiger partial charge in [0, 0.05) is 25.0 Å². The Labute approximate surface area is 161 Å². The Morgan fingerprint density at radius 2 is 1.85 bits per heavy atom. The Bertz CT molecular complexity index is 641.